The van der Waals surface area contributed by atoms with Crippen molar-refractivity contribution in [1.82, 2.24) is 20.1 Å². The van der Waals surface area contributed by atoms with E-state index in [9.17, 15) is 10.2 Å². The highest BCUT2D eigenvalue weighted by Gasteiger charge is 2.40. The number of aliphatic hydroxyl groups excluding tert-OH is 1. The number of aliphatic imine (C=N–C) groups is 1. The van der Waals surface area contributed by atoms with Gasteiger partial charge in [0.05, 0.1) is 29.0 Å². The van der Waals surface area contributed by atoms with Crippen LogP contribution >= 0.6 is 0 Å². The SMILES string of the molecule is C=NC(=CC=CC)C(O)(c1ccccn1)c1cc(-c2c(CO)noc2C)cc2[nH]c(C3CC3)nc12. The van der Waals surface area contributed by atoms with Crippen molar-refractivity contribution in [3.63, 3.8) is 0 Å². The number of aromatic amines is 1. The van der Waals surface area contributed by atoms with Crippen LogP contribution in [0.5, 0.6) is 0 Å². The fourth-order valence-electron chi connectivity index (χ4n) is 4.46. The van der Waals surface area contributed by atoms with Gasteiger partial charge in [0, 0.05) is 23.2 Å². The Morgan fingerprint density at radius 3 is 2.83 bits per heavy atom. The minimum atomic E-state index is -1.75. The second-order valence-corrected chi connectivity index (χ2v) is 8.70. The molecule has 0 saturated heterocycles. The van der Waals surface area contributed by atoms with Crippen LogP contribution in [-0.4, -0.2) is 37.0 Å². The summed E-state index contributed by atoms with van der Waals surface area (Å²) >= 11 is 0. The molecule has 178 valence electrons. The van der Waals surface area contributed by atoms with Crippen LogP contribution in [0.25, 0.3) is 22.2 Å². The van der Waals surface area contributed by atoms with Gasteiger partial charge >= 0.3 is 0 Å². The fraction of sp³-hybridized carbons (Fsp3) is 0.259. The minimum Gasteiger partial charge on any atom is -0.390 e. The fourth-order valence-corrected chi connectivity index (χ4v) is 4.46. The predicted octanol–water partition coefficient (Wildman–Crippen LogP) is 4.69. The van der Waals surface area contributed by atoms with Crippen molar-refractivity contribution in [3.8, 4) is 11.1 Å². The van der Waals surface area contributed by atoms with Crippen molar-refractivity contribution in [2.75, 3.05) is 0 Å². The first-order chi connectivity index (χ1) is 17.0. The lowest BCUT2D eigenvalue weighted by atomic mass is 9.83. The predicted molar refractivity (Wildman–Crippen MR) is 134 cm³/mol. The molecule has 1 fully saturated rings. The highest BCUT2D eigenvalue weighted by molar-refractivity contribution is 5.88. The average molecular weight is 470 g/mol. The van der Waals surface area contributed by atoms with E-state index in [2.05, 4.69) is 26.8 Å². The molecule has 3 N–H and O–H groups in total. The van der Waals surface area contributed by atoms with Gasteiger partial charge in [0.25, 0.3) is 0 Å². The molecule has 0 spiro atoms. The number of pyridine rings is 1. The molecular formula is C27H27N5O3. The molecule has 1 aliphatic rings. The third-order valence-corrected chi connectivity index (χ3v) is 6.35. The number of nitrogens with one attached hydrogen (secondary N) is 1. The van der Waals surface area contributed by atoms with Gasteiger partial charge in [-0.25, -0.2) is 4.98 Å². The third-order valence-electron chi connectivity index (χ3n) is 6.35. The second kappa shape index (κ2) is 9.05. The van der Waals surface area contributed by atoms with Crippen LogP contribution in [0.2, 0.25) is 0 Å². The summed E-state index contributed by atoms with van der Waals surface area (Å²) in [6, 6.07) is 9.17. The quantitative estimate of drug-likeness (QED) is 0.254. The maximum atomic E-state index is 12.5. The number of benzene rings is 1. The Kier molecular flexibility index (Phi) is 5.92. The largest absolute Gasteiger partial charge is 0.390 e. The molecule has 5 rings (SSSR count). The normalized spacial score (nSPS) is 16.2. The standard InChI is InChI=1S/C27H27N5O3/c1-4-5-8-22(28-3)27(34,23-9-6-7-12-29-23)19-13-18(24-16(2)35-32-21(24)15-33)14-20-25(19)31-26(30-20)17-10-11-17/h4-9,12-14,17,33-34H,3,10-11,15H2,1-2H3,(H,30,31). The van der Waals surface area contributed by atoms with E-state index in [1.165, 1.54) is 0 Å². The van der Waals surface area contributed by atoms with Crippen molar-refractivity contribution in [2.45, 2.75) is 44.8 Å². The van der Waals surface area contributed by atoms with E-state index < -0.39 is 5.60 Å². The van der Waals surface area contributed by atoms with Crippen molar-refractivity contribution in [2.24, 2.45) is 4.99 Å². The van der Waals surface area contributed by atoms with Gasteiger partial charge in [0.1, 0.15) is 17.3 Å². The summed E-state index contributed by atoms with van der Waals surface area (Å²) in [4.78, 5) is 17.1. The van der Waals surface area contributed by atoms with Gasteiger partial charge in [-0.15, -0.1) is 0 Å². The zero-order chi connectivity index (χ0) is 24.6. The number of fused-ring (bicyclic) bond motifs is 1. The summed E-state index contributed by atoms with van der Waals surface area (Å²) in [6.07, 6.45) is 9.15. The van der Waals surface area contributed by atoms with Crippen LogP contribution in [-0.2, 0) is 12.2 Å². The molecule has 0 radical (unpaired) electrons. The summed E-state index contributed by atoms with van der Waals surface area (Å²) in [6.45, 7) is 7.14. The van der Waals surface area contributed by atoms with Crippen molar-refractivity contribution in [3.05, 3.63) is 89.0 Å². The molecule has 1 aliphatic carbocycles. The van der Waals surface area contributed by atoms with E-state index in [-0.39, 0.29) is 6.61 Å². The van der Waals surface area contributed by atoms with E-state index in [0.717, 1.165) is 29.7 Å². The van der Waals surface area contributed by atoms with E-state index >= 15 is 0 Å². The summed E-state index contributed by atoms with van der Waals surface area (Å²) < 4.78 is 5.38. The number of hydrogen-bond acceptors (Lipinski definition) is 7. The molecule has 0 amide bonds. The highest BCUT2D eigenvalue weighted by atomic mass is 16.5. The van der Waals surface area contributed by atoms with Crippen LogP contribution < -0.4 is 0 Å². The summed E-state index contributed by atoms with van der Waals surface area (Å²) in [5, 5.41) is 26.4. The Labute approximate surface area is 202 Å². The first-order valence-electron chi connectivity index (χ1n) is 11.6. The van der Waals surface area contributed by atoms with Crippen LogP contribution in [0.1, 0.15) is 54.2 Å². The van der Waals surface area contributed by atoms with Gasteiger partial charge in [0.2, 0.25) is 0 Å². The number of imidazole rings is 1. The Morgan fingerprint density at radius 2 is 2.17 bits per heavy atom. The number of hydrogen-bond donors (Lipinski definition) is 3. The molecule has 3 aromatic heterocycles. The zero-order valence-corrected chi connectivity index (χ0v) is 19.7. The van der Waals surface area contributed by atoms with Gasteiger partial charge in [-0.1, -0.05) is 23.4 Å². The number of H-pyrrole nitrogens is 1. The van der Waals surface area contributed by atoms with Crippen LogP contribution in [0.15, 0.2) is 70.0 Å². The Balaban J connectivity index is 1.87. The van der Waals surface area contributed by atoms with Crippen molar-refractivity contribution in [1.29, 1.82) is 0 Å². The number of aliphatic hydroxyl groups is 2. The lowest BCUT2D eigenvalue weighted by Gasteiger charge is -2.29. The van der Waals surface area contributed by atoms with Gasteiger partial charge in [0.15, 0.2) is 5.60 Å². The second-order valence-electron chi connectivity index (χ2n) is 8.70. The van der Waals surface area contributed by atoms with Crippen LogP contribution in [0.4, 0.5) is 0 Å². The Hall–Kier alpha value is -3.88. The first kappa shape index (κ1) is 22.9. The number of aromatic nitrogens is 4. The number of aryl methyl sites for hydroxylation is 1. The average Bonchev–Trinajstić information content (AvgIpc) is 3.54. The molecule has 1 saturated carbocycles. The van der Waals surface area contributed by atoms with E-state index in [1.807, 2.05) is 31.2 Å². The summed E-state index contributed by atoms with van der Waals surface area (Å²) in [5.74, 6) is 1.83. The van der Waals surface area contributed by atoms with Gasteiger partial charge < -0.3 is 19.7 Å². The lowest BCUT2D eigenvalue weighted by Crippen LogP contribution is -2.31. The van der Waals surface area contributed by atoms with Crippen molar-refractivity contribution < 1.29 is 14.7 Å². The summed E-state index contributed by atoms with van der Waals surface area (Å²) in [5.41, 5.74) is 2.65. The molecule has 35 heavy (non-hydrogen) atoms. The number of rotatable bonds is 8. The maximum absolute atomic E-state index is 12.5. The molecule has 8 heteroatoms. The third kappa shape index (κ3) is 3.90. The molecule has 3 heterocycles. The van der Waals surface area contributed by atoms with Crippen molar-refractivity contribution >= 4 is 17.8 Å². The van der Waals surface area contributed by atoms with Gasteiger partial charge in [-0.05, 0) is 69.3 Å². The summed E-state index contributed by atoms with van der Waals surface area (Å²) in [7, 11) is 0. The topological polar surface area (TPSA) is 120 Å². The molecule has 0 aliphatic heterocycles. The molecular weight excluding hydrogens is 442 g/mol. The van der Waals surface area contributed by atoms with Gasteiger partial charge in [-0.2, -0.15) is 0 Å². The molecule has 4 aromatic rings. The maximum Gasteiger partial charge on any atom is 0.176 e. The lowest BCUT2D eigenvalue weighted by molar-refractivity contribution is 0.116. The molecule has 1 unspecified atom stereocenters. The molecule has 8 nitrogen and oxygen atoms in total. The number of allylic oxidation sites excluding steroid dienone is 3. The minimum absolute atomic E-state index is 0.276. The highest BCUT2D eigenvalue weighted by Crippen LogP contribution is 2.44. The van der Waals surface area contributed by atoms with Gasteiger partial charge in [-0.3, -0.25) is 9.98 Å². The molecule has 0 bridgehead atoms. The smallest absolute Gasteiger partial charge is 0.176 e. The first-order valence-corrected chi connectivity index (χ1v) is 11.6. The Bertz CT molecular complexity index is 1450. The molecule has 1 aromatic carbocycles. The monoisotopic (exact) mass is 469 g/mol. The van der Waals surface area contributed by atoms with Crippen LogP contribution in [0.3, 0.4) is 0 Å². The van der Waals surface area contributed by atoms with Crippen LogP contribution in [0, 0.1) is 6.92 Å². The number of nitrogens with zero attached hydrogens (tertiary/aromatic N) is 4. The zero-order valence-electron chi connectivity index (χ0n) is 19.7. The van der Waals surface area contributed by atoms with E-state index in [1.54, 1.807) is 37.4 Å². The Morgan fingerprint density at radius 1 is 1.34 bits per heavy atom. The van der Waals surface area contributed by atoms with E-state index in [4.69, 9.17) is 9.51 Å². The molecule has 1 atom stereocenters. The van der Waals surface area contributed by atoms with E-state index in [0.29, 0.717) is 45.4 Å².